The van der Waals surface area contributed by atoms with Gasteiger partial charge in [-0.05, 0) is 31.4 Å². The third-order valence-electron chi connectivity index (χ3n) is 5.88. The van der Waals surface area contributed by atoms with Crippen LogP contribution in [0, 0.1) is 0 Å². The maximum absolute atomic E-state index is 15.4. The number of carbonyl (C=O) groups is 1. The number of aromatic nitrogens is 4. The van der Waals surface area contributed by atoms with Crippen LogP contribution < -0.4 is 0 Å². The van der Waals surface area contributed by atoms with E-state index in [0.29, 0.717) is 18.8 Å². The molecule has 4 rings (SSSR count). The molecule has 0 saturated carbocycles. The lowest BCUT2D eigenvalue weighted by Gasteiger charge is -2.37. The number of benzene rings is 1. The lowest BCUT2D eigenvalue weighted by atomic mass is 9.86. The van der Waals surface area contributed by atoms with E-state index in [0.717, 1.165) is 22.0 Å². The number of carbonyl (C=O) groups excluding carboxylic acids is 1. The van der Waals surface area contributed by atoms with Crippen molar-refractivity contribution < 1.29 is 13.6 Å². The van der Waals surface area contributed by atoms with Gasteiger partial charge in [0.15, 0.2) is 11.5 Å². The monoisotopic (exact) mass is 427 g/mol. The summed E-state index contributed by atoms with van der Waals surface area (Å²) in [7, 11) is 1.82. The van der Waals surface area contributed by atoms with Gasteiger partial charge in [0.05, 0.1) is 18.3 Å². The second-order valence-corrected chi connectivity index (χ2v) is 9.04. The number of likely N-dealkylation sites (tertiary alicyclic amines) is 1. The summed E-state index contributed by atoms with van der Waals surface area (Å²) in [5, 5.41) is 9.73. The van der Waals surface area contributed by atoms with Crippen molar-refractivity contribution in [3.05, 3.63) is 42.4 Å². The zero-order valence-electron chi connectivity index (χ0n) is 18.1. The minimum atomic E-state index is -1.88. The highest BCUT2D eigenvalue weighted by atomic mass is 19.1. The van der Waals surface area contributed by atoms with Crippen molar-refractivity contribution in [1.82, 2.24) is 24.9 Å². The van der Waals surface area contributed by atoms with Gasteiger partial charge in [0.2, 0.25) is 0 Å². The molecule has 1 saturated heterocycles. The van der Waals surface area contributed by atoms with Gasteiger partial charge in [0, 0.05) is 62.4 Å². The second-order valence-electron chi connectivity index (χ2n) is 9.04. The van der Waals surface area contributed by atoms with E-state index in [1.807, 2.05) is 36.2 Å². The van der Waals surface area contributed by atoms with Crippen LogP contribution in [0.2, 0.25) is 0 Å². The van der Waals surface area contributed by atoms with Crippen LogP contribution >= 0.6 is 0 Å². The maximum Gasteiger partial charge on any atom is 0.175 e. The Morgan fingerprint density at radius 2 is 1.90 bits per heavy atom. The summed E-state index contributed by atoms with van der Waals surface area (Å²) in [4.78, 5) is 19.0. The van der Waals surface area contributed by atoms with E-state index >= 15 is 4.39 Å². The zero-order chi connectivity index (χ0) is 22.2. The Morgan fingerprint density at radius 3 is 2.55 bits per heavy atom. The largest absolute Gasteiger partial charge is 0.300 e. The Kier molecular flexibility index (Phi) is 5.60. The predicted octanol–water partition coefficient (Wildman–Crippen LogP) is 3.69. The maximum atomic E-state index is 15.4. The van der Waals surface area contributed by atoms with Crippen molar-refractivity contribution in [2.75, 3.05) is 19.6 Å². The Labute approximate surface area is 180 Å². The molecule has 164 valence electrons. The Hall–Kier alpha value is -2.74. The molecule has 0 N–H and O–H groups in total. The van der Waals surface area contributed by atoms with Gasteiger partial charge in [-0.3, -0.25) is 14.7 Å². The predicted molar refractivity (Wildman–Crippen MR) is 115 cm³/mol. The van der Waals surface area contributed by atoms with Crippen LogP contribution in [-0.2, 0) is 18.3 Å². The number of aryl methyl sites for hydroxylation is 1. The summed E-state index contributed by atoms with van der Waals surface area (Å²) in [6.07, 6.45) is 3.52. The van der Waals surface area contributed by atoms with Gasteiger partial charge >= 0.3 is 0 Å². The molecule has 3 heterocycles. The molecule has 1 aliphatic rings. The molecule has 0 radical (unpaired) electrons. The molecule has 1 aliphatic heterocycles. The van der Waals surface area contributed by atoms with Crippen molar-refractivity contribution in [1.29, 1.82) is 0 Å². The minimum Gasteiger partial charge on any atom is -0.300 e. The molecule has 0 bridgehead atoms. The van der Waals surface area contributed by atoms with E-state index in [9.17, 15) is 9.18 Å². The molecule has 3 aromatic rings. The fraction of sp³-hybridized carbons (Fsp3) is 0.478. The van der Waals surface area contributed by atoms with Gasteiger partial charge in [0.25, 0.3) is 0 Å². The van der Waals surface area contributed by atoms with E-state index in [1.54, 1.807) is 17.1 Å². The summed E-state index contributed by atoms with van der Waals surface area (Å²) in [5.41, 5.74) is -0.840. The van der Waals surface area contributed by atoms with Gasteiger partial charge in [-0.2, -0.15) is 0 Å². The molecular weight excluding hydrogens is 400 g/mol. The summed E-state index contributed by atoms with van der Waals surface area (Å²) in [6.45, 7) is 4.03. The van der Waals surface area contributed by atoms with Crippen molar-refractivity contribution >= 4 is 16.6 Å². The third-order valence-corrected chi connectivity index (χ3v) is 5.88. The van der Waals surface area contributed by atoms with E-state index in [-0.39, 0.29) is 25.8 Å². The van der Waals surface area contributed by atoms with E-state index in [1.165, 1.54) is 13.8 Å². The van der Waals surface area contributed by atoms with Crippen molar-refractivity contribution in [3.8, 4) is 11.3 Å². The summed E-state index contributed by atoms with van der Waals surface area (Å²) >= 11 is 0. The standard InChI is InChI=1S/C23H27F2N5O/c1-22(2,24)15-30-8-6-23(25,7-9-30)21(31)12-19-11-18-10-16(4-5-17(18)13-26-19)20-14-27-28-29(20)3/h4-5,10-11,13-14H,6-9,12,15H2,1-3H3. The number of ketones is 1. The number of alkyl halides is 2. The number of pyridine rings is 1. The van der Waals surface area contributed by atoms with Gasteiger partial charge < -0.3 is 0 Å². The fourth-order valence-corrected chi connectivity index (χ4v) is 4.19. The molecule has 2 aromatic heterocycles. The lowest BCUT2D eigenvalue weighted by Crippen LogP contribution is -2.49. The molecule has 6 nitrogen and oxygen atoms in total. The van der Waals surface area contributed by atoms with E-state index < -0.39 is 17.1 Å². The number of piperidine rings is 1. The van der Waals surface area contributed by atoms with Crippen LogP contribution in [0.15, 0.2) is 36.7 Å². The Bertz CT molecular complexity index is 1100. The van der Waals surface area contributed by atoms with Crippen LogP contribution in [0.25, 0.3) is 22.0 Å². The Morgan fingerprint density at radius 1 is 1.16 bits per heavy atom. The van der Waals surface area contributed by atoms with Crippen LogP contribution in [0.4, 0.5) is 8.78 Å². The number of rotatable bonds is 6. The molecule has 31 heavy (non-hydrogen) atoms. The number of fused-ring (bicyclic) bond motifs is 1. The fourth-order valence-electron chi connectivity index (χ4n) is 4.19. The second kappa shape index (κ2) is 8.07. The summed E-state index contributed by atoms with van der Waals surface area (Å²) < 4.78 is 30.9. The average molecular weight is 427 g/mol. The molecule has 0 spiro atoms. The van der Waals surface area contributed by atoms with Crippen LogP contribution in [-0.4, -0.2) is 61.6 Å². The van der Waals surface area contributed by atoms with Gasteiger partial charge in [-0.1, -0.05) is 17.3 Å². The first-order valence-electron chi connectivity index (χ1n) is 10.5. The first-order chi connectivity index (χ1) is 14.6. The summed E-state index contributed by atoms with van der Waals surface area (Å²) in [5.74, 6) is -0.453. The first-order valence-corrected chi connectivity index (χ1v) is 10.5. The molecule has 1 fully saturated rings. The lowest BCUT2D eigenvalue weighted by molar-refractivity contribution is -0.133. The van der Waals surface area contributed by atoms with Gasteiger partial charge in [0.1, 0.15) is 5.67 Å². The van der Waals surface area contributed by atoms with Crippen molar-refractivity contribution in [3.63, 3.8) is 0 Å². The topological polar surface area (TPSA) is 63.9 Å². The smallest absolute Gasteiger partial charge is 0.175 e. The highest BCUT2D eigenvalue weighted by Gasteiger charge is 2.42. The van der Waals surface area contributed by atoms with E-state index in [4.69, 9.17) is 0 Å². The number of nitrogens with zero attached hydrogens (tertiary/aromatic N) is 5. The highest BCUT2D eigenvalue weighted by Crippen LogP contribution is 2.30. The number of hydrogen-bond acceptors (Lipinski definition) is 5. The molecular formula is C23H27F2N5O. The number of hydrogen-bond donors (Lipinski definition) is 0. The first kappa shape index (κ1) is 21.5. The number of Topliss-reactive ketones (excluding diaryl/α,β-unsaturated/α-hetero) is 1. The van der Waals surface area contributed by atoms with E-state index in [2.05, 4.69) is 15.3 Å². The quantitative estimate of drug-likeness (QED) is 0.600. The van der Waals surface area contributed by atoms with Gasteiger partial charge in [-0.25, -0.2) is 13.5 Å². The van der Waals surface area contributed by atoms with Crippen molar-refractivity contribution in [2.24, 2.45) is 7.05 Å². The van der Waals surface area contributed by atoms with Crippen LogP contribution in [0.5, 0.6) is 0 Å². The minimum absolute atomic E-state index is 0.0570. The molecule has 0 amide bonds. The van der Waals surface area contributed by atoms with Crippen LogP contribution in [0.1, 0.15) is 32.4 Å². The third kappa shape index (κ3) is 4.79. The Balaban J connectivity index is 1.48. The summed E-state index contributed by atoms with van der Waals surface area (Å²) in [6, 6.07) is 7.75. The molecule has 1 aromatic carbocycles. The SMILES string of the molecule is Cn1nncc1-c1ccc2cnc(CC(=O)C3(F)CCN(CC(C)(C)F)CC3)cc2c1. The average Bonchev–Trinajstić information content (AvgIpc) is 3.14. The number of halogens is 2. The molecule has 0 aliphatic carbocycles. The molecule has 0 atom stereocenters. The normalized spacial score (nSPS) is 17.2. The highest BCUT2D eigenvalue weighted by molar-refractivity contribution is 5.91. The van der Waals surface area contributed by atoms with Gasteiger partial charge in [-0.15, -0.1) is 5.10 Å². The molecule has 8 heteroatoms. The van der Waals surface area contributed by atoms with Crippen LogP contribution in [0.3, 0.4) is 0 Å². The van der Waals surface area contributed by atoms with Crippen molar-refractivity contribution in [2.45, 2.75) is 44.4 Å². The molecule has 0 unspecified atom stereocenters. The zero-order valence-corrected chi connectivity index (χ0v) is 18.1.